The molecule has 0 aromatic carbocycles. The molecule has 6 heterocycles. The predicted octanol–water partition coefficient (Wildman–Crippen LogP) is 7.05. The fraction of sp³-hybridized carbons (Fsp3) is 0.720. The van der Waals surface area contributed by atoms with Crippen LogP contribution in [0.4, 0.5) is 0 Å². The van der Waals surface area contributed by atoms with Crippen LogP contribution in [0.1, 0.15) is 163 Å². The van der Waals surface area contributed by atoms with Crippen LogP contribution in [-0.2, 0) is 69.1 Å². The average molecular weight is 1050 g/mol. The van der Waals surface area contributed by atoms with Crippen LogP contribution in [0.15, 0.2) is 36.7 Å². The van der Waals surface area contributed by atoms with Gasteiger partial charge >= 0.3 is 0 Å². The molecule has 20 nitrogen and oxygen atoms in total. The molecular formula is C50H80N8O12S2. The van der Waals surface area contributed by atoms with Gasteiger partial charge in [-0.3, -0.25) is 9.97 Å². The van der Waals surface area contributed by atoms with E-state index in [9.17, 15) is 16.8 Å². The molecule has 22 heteroatoms. The molecule has 0 spiro atoms. The maximum atomic E-state index is 13.8. The van der Waals surface area contributed by atoms with Gasteiger partial charge in [-0.1, -0.05) is 12.1 Å². The Balaban J connectivity index is 0.000000267. The minimum absolute atomic E-state index is 0.103. The Hall–Kier alpha value is -3.84. The summed E-state index contributed by atoms with van der Waals surface area (Å²) in [6.45, 7) is 20.0. The molecule has 6 rings (SSSR count). The number of aromatic nitrogens is 8. The van der Waals surface area contributed by atoms with E-state index in [2.05, 4.69) is 30.4 Å². The van der Waals surface area contributed by atoms with Crippen LogP contribution in [-0.4, -0.2) is 146 Å². The van der Waals surface area contributed by atoms with E-state index < -0.39 is 42.4 Å². The molecule has 8 atom stereocenters. The van der Waals surface area contributed by atoms with Crippen molar-refractivity contribution >= 4 is 19.7 Å². The maximum absolute atomic E-state index is 13.8. The van der Waals surface area contributed by atoms with Crippen molar-refractivity contribution in [1.29, 1.82) is 0 Å². The number of sulfone groups is 2. The van der Waals surface area contributed by atoms with Crippen LogP contribution in [0.2, 0.25) is 0 Å². The highest BCUT2D eigenvalue weighted by atomic mass is 32.2. The Labute approximate surface area is 427 Å². The smallest absolute Gasteiger partial charge is 0.163 e. The van der Waals surface area contributed by atoms with E-state index in [1.54, 1.807) is 54.7 Å². The summed E-state index contributed by atoms with van der Waals surface area (Å²) in [6.07, 6.45) is 4.71. The second kappa shape index (κ2) is 27.1. The zero-order valence-electron chi connectivity index (χ0n) is 44.8. The Kier molecular flexibility index (Phi) is 22.2. The topological polar surface area (TPSA) is 229 Å². The van der Waals surface area contributed by atoms with Gasteiger partial charge in [-0.2, -0.15) is 0 Å². The van der Waals surface area contributed by atoms with Crippen molar-refractivity contribution in [2.75, 3.05) is 54.9 Å². The number of nitrogens with zero attached hydrogens (tertiary/aromatic N) is 8. The summed E-state index contributed by atoms with van der Waals surface area (Å²) >= 11 is 0. The Morgan fingerprint density at radius 1 is 0.556 bits per heavy atom. The molecule has 0 radical (unpaired) electrons. The average Bonchev–Trinajstić information content (AvgIpc) is 4.14. The van der Waals surface area contributed by atoms with Crippen molar-refractivity contribution in [3.63, 3.8) is 0 Å². The van der Waals surface area contributed by atoms with Crippen molar-refractivity contribution in [1.82, 2.24) is 39.5 Å². The molecular weight excluding hydrogens is 969 g/mol. The minimum atomic E-state index is -3.73. The van der Waals surface area contributed by atoms with E-state index in [1.807, 2.05) is 88.8 Å². The number of pyridine rings is 2. The number of hydrogen-bond acceptors (Lipinski definition) is 18. The van der Waals surface area contributed by atoms with E-state index in [-0.39, 0.29) is 60.2 Å². The van der Waals surface area contributed by atoms with Crippen molar-refractivity contribution in [2.24, 2.45) is 0 Å². The summed E-state index contributed by atoms with van der Waals surface area (Å²) < 4.78 is 105. The zero-order valence-corrected chi connectivity index (χ0v) is 46.4. The maximum Gasteiger partial charge on any atom is 0.163 e. The molecule has 4 aromatic heterocycles. The number of methoxy groups -OCH3 is 4. The lowest BCUT2D eigenvalue weighted by atomic mass is 10.1. The highest BCUT2D eigenvalue weighted by Crippen LogP contribution is 2.37. The molecule has 0 aliphatic carbocycles. The molecule has 0 unspecified atom stereocenters. The van der Waals surface area contributed by atoms with Gasteiger partial charge in [0.25, 0.3) is 0 Å². The van der Waals surface area contributed by atoms with Gasteiger partial charge in [-0.05, 0) is 118 Å². The summed E-state index contributed by atoms with van der Waals surface area (Å²) in [4.78, 5) is 8.92. The lowest BCUT2D eigenvalue weighted by molar-refractivity contribution is 0.00381. The first-order valence-corrected chi connectivity index (χ1v) is 28.3. The Morgan fingerprint density at radius 2 is 0.903 bits per heavy atom. The minimum Gasteiger partial charge on any atom is -0.382 e. The lowest BCUT2D eigenvalue weighted by Crippen LogP contribution is -2.32. The monoisotopic (exact) mass is 1050 g/mol. The van der Waals surface area contributed by atoms with Gasteiger partial charge in [0.1, 0.15) is 47.6 Å². The van der Waals surface area contributed by atoms with Crippen LogP contribution in [0.3, 0.4) is 0 Å². The molecule has 2 saturated heterocycles. The van der Waals surface area contributed by atoms with Crippen LogP contribution in [0.25, 0.3) is 0 Å². The Morgan fingerprint density at radius 3 is 1.17 bits per heavy atom. The number of hydrogen-bond donors (Lipinski definition) is 0. The molecule has 2 fully saturated rings. The third kappa shape index (κ3) is 15.6. The fourth-order valence-corrected chi connectivity index (χ4v) is 11.8. The van der Waals surface area contributed by atoms with Gasteiger partial charge in [-0.15, -0.1) is 20.4 Å². The molecule has 4 aromatic rings. The Bertz CT molecular complexity index is 2310. The van der Waals surface area contributed by atoms with E-state index in [4.69, 9.17) is 37.9 Å². The van der Waals surface area contributed by atoms with E-state index >= 15 is 0 Å². The van der Waals surface area contributed by atoms with Crippen LogP contribution < -0.4 is 0 Å². The molecule has 0 amide bonds. The number of rotatable bonds is 26. The second-order valence-electron chi connectivity index (χ2n) is 19.6. The normalized spacial score (nSPS) is 20.4. The molecule has 72 heavy (non-hydrogen) atoms. The molecule has 404 valence electrons. The van der Waals surface area contributed by atoms with Crippen LogP contribution >= 0.6 is 0 Å². The third-order valence-corrected chi connectivity index (χ3v) is 16.8. The summed E-state index contributed by atoms with van der Waals surface area (Å²) in [5, 5.41) is 15.7. The highest BCUT2D eigenvalue weighted by Gasteiger charge is 2.39. The van der Waals surface area contributed by atoms with Gasteiger partial charge in [0.2, 0.25) is 0 Å². The van der Waals surface area contributed by atoms with Gasteiger partial charge in [-0.25, -0.2) is 16.8 Å². The SMILES string of the molecule is COCC(COC)n1c(CS(=O)(=O)[C@@H](C)[C@@H](OC(C)C)c2ccc(C)cn2)nnc1[C@@H]1CC[C@H](C)O1.COCC(COC)n1c(CS(=O)(=O)[C@@H](C)[C@@H](OC(C)C)c2ccc(C)cn2)nnc1[C@H]1CC[C@@H](C)O1. The second-order valence-corrected chi connectivity index (χ2v) is 24.3. The van der Waals surface area contributed by atoms with Crippen molar-refractivity contribution in [2.45, 2.75) is 178 Å². The first-order chi connectivity index (χ1) is 34.1. The van der Waals surface area contributed by atoms with E-state index in [0.29, 0.717) is 61.1 Å². The van der Waals surface area contributed by atoms with Crippen molar-refractivity contribution in [3.05, 3.63) is 82.5 Å². The van der Waals surface area contributed by atoms with E-state index in [0.717, 1.165) is 36.8 Å². The molecule has 0 bridgehead atoms. The van der Waals surface area contributed by atoms with Gasteiger partial charge in [0.05, 0.1) is 84.8 Å². The van der Waals surface area contributed by atoms with Crippen molar-refractivity contribution < 1.29 is 54.7 Å². The summed E-state index contributed by atoms with van der Waals surface area (Å²) in [6, 6.07) is 6.85. The third-order valence-electron chi connectivity index (χ3n) is 12.7. The standard InChI is InChI=1S/2C25H40N4O6S/c2*1-16(2)34-24(21-10-8-17(3)12-26-21)19(5)36(30,31)15-23-27-28-25(22-11-9-18(4)35-22)29(23)20(13-32-6)14-33-7/h2*8,10,12,16,18-20,22,24H,9,11,13-15H2,1-7H3/t18-,19+,22-,24-;18-,19-,22-,24+/m10/s1. The quantitative estimate of drug-likeness (QED) is 0.0613. The summed E-state index contributed by atoms with van der Waals surface area (Å²) in [5.41, 5.74) is 3.14. The number of ether oxygens (including phenoxy) is 8. The summed E-state index contributed by atoms with van der Waals surface area (Å²) in [7, 11) is -1.07. The molecule has 2 aliphatic heterocycles. The van der Waals surface area contributed by atoms with E-state index in [1.165, 1.54) is 0 Å². The molecule has 0 N–H and O–H groups in total. The van der Waals surface area contributed by atoms with Crippen LogP contribution in [0, 0.1) is 13.8 Å². The highest BCUT2D eigenvalue weighted by molar-refractivity contribution is 7.91. The fourth-order valence-electron chi connectivity index (χ4n) is 8.98. The predicted molar refractivity (Wildman–Crippen MR) is 271 cm³/mol. The first kappa shape index (κ1) is 59.0. The van der Waals surface area contributed by atoms with Gasteiger partial charge in [0, 0.05) is 40.8 Å². The van der Waals surface area contributed by atoms with Crippen molar-refractivity contribution in [3.8, 4) is 0 Å². The lowest BCUT2D eigenvalue weighted by Gasteiger charge is -2.27. The molecule has 0 saturated carbocycles. The van der Waals surface area contributed by atoms with Gasteiger partial charge in [0.15, 0.2) is 31.3 Å². The number of aryl methyl sites for hydroxylation is 2. The van der Waals surface area contributed by atoms with Gasteiger partial charge < -0.3 is 47.0 Å². The first-order valence-electron chi connectivity index (χ1n) is 24.9. The van der Waals surface area contributed by atoms with Crippen LogP contribution in [0.5, 0.6) is 0 Å². The summed E-state index contributed by atoms with van der Waals surface area (Å²) in [5.74, 6) is 1.26. The largest absolute Gasteiger partial charge is 0.382 e. The molecule has 2 aliphatic rings. The zero-order chi connectivity index (χ0) is 52.9.